The van der Waals surface area contributed by atoms with E-state index in [1.54, 1.807) is 7.05 Å². The summed E-state index contributed by atoms with van der Waals surface area (Å²) in [5, 5.41) is 9.33. The lowest BCUT2D eigenvalue weighted by molar-refractivity contribution is 0.0963. The Morgan fingerprint density at radius 1 is 1.16 bits per heavy atom. The molecule has 172 valence electrons. The summed E-state index contributed by atoms with van der Waals surface area (Å²) in [6.45, 7) is 8.66. The third-order valence-corrected chi connectivity index (χ3v) is 5.80. The van der Waals surface area contributed by atoms with Crippen LogP contribution in [0, 0.1) is 5.92 Å². The van der Waals surface area contributed by atoms with Crippen molar-refractivity contribution >= 4 is 17.7 Å². The van der Waals surface area contributed by atoms with E-state index in [0.29, 0.717) is 12.1 Å². The number of hydrogen-bond donors (Lipinski definition) is 3. The molecule has 1 aromatic carbocycles. The van der Waals surface area contributed by atoms with Gasteiger partial charge in [-0.25, -0.2) is 9.98 Å². The fourth-order valence-corrected chi connectivity index (χ4v) is 3.78. The van der Waals surface area contributed by atoms with Crippen molar-refractivity contribution in [2.24, 2.45) is 10.9 Å². The van der Waals surface area contributed by atoms with Gasteiger partial charge < -0.3 is 20.9 Å². The number of carbonyl (C=O) groups is 1. The number of aliphatic imine (C=N–C) groups is 1. The molecule has 32 heavy (non-hydrogen) atoms. The smallest absolute Gasteiger partial charge is 0.251 e. The van der Waals surface area contributed by atoms with Crippen molar-refractivity contribution in [2.75, 3.05) is 38.1 Å². The van der Waals surface area contributed by atoms with Gasteiger partial charge in [0.2, 0.25) is 0 Å². The molecule has 0 saturated carbocycles. The summed E-state index contributed by atoms with van der Waals surface area (Å²) in [6, 6.07) is 11.9. The Bertz CT molecular complexity index is 888. The second-order valence-corrected chi connectivity index (χ2v) is 8.35. The van der Waals surface area contributed by atoms with Crippen LogP contribution in [0.3, 0.4) is 0 Å². The zero-order chi connectivity index (χ0) is 22.8. The van der Waals surface area contributed by atoms with Crippen molar-refractivity contribution in [3.63, 3.8) is 0 Å². The highest BCUT2D eigenvalue weighted by atomic mass is 16.1. The largest absolute Gasteiger partial charge is 0.357 e. The first-order valence-corrected chi connectivity index (χ1v) is 11.6. The Kier molecular flexibility index (Phi) is 8.90. The molecule has 1 amide bonds. The molecule has 0 unspecified atom stereocenters. The lowest BCUT2D eigenvalue weighted by Gasteiger charge is -2.31. The minimum atomic E-state index is -0.0656. The number of amides is 1. The Morgan fingerprint density at radius 2 is 1.97 bits per heavy atom. The van der Waals surface area contributed by atoms with Crippen LogP contribution in [0.4, 0.5) is 5.82 Å². The molecule has 1 fully saturated rings. The summed E-state index contributed by atoms with van der Waals surface area (Å²) in [7, 11) is 1.65. The van der Waals surface area contributed by atoms with Crippen molar-refractivity contribution in [1.82, 2.24) is 20.9 Å². The maximum absolute atomic E-state index is 11.8. The van der Waals surface area contributed by atoms with Gasteiger partial charge in [0.15, 0.2) is 5.96 Å². The zero-order valence-corrected chi connectivity index (χ0v) is 19.5. The number of nitrogens with one attached hydrogen (secondary N) is 3. The molecular weight excluding hydrogens is 400 g/mol. The van der Waals surface area contributed by atoms with Gasteiger partial charge >= 0.3 is 0 Å². The molecule has 1 aromatic heterocycles. The summed E-state index contributed by atoms with van der Waals surface area (Å²) in [5.41, 5.74) is 2.89. The Balaban J connectivity index is 1.52. The van der Waals surface area contributed by atoms with E-state index >= 15 is 0 Å². The van der Waals surface area contributed by atoms with Gasteiger partial charge in [-0.2, -0.15) is 0 Å². The highest BCUT2D eigenvalue weighted by molar-refractivity contribution is 5.94. The molecule has 7 heteroatoms. The Hall–Kier alpha value is -3.09. The third kappa shape index (κ3) is 6.97. The van der Waals surface area contributed by atoms with E-state index in [1.165, 1.54) is 12.8 Å². The molecule has 0 aliphatic carbocycles. The van der Waals surface area contributed by atoms with E-state index in [2.05, 4.69) is 51.8 Å². The first kappa shape index (κ1) is 23.6. The van der Waals surface area contributed by atoms with Gasteiger partial charge in [-0.1, -0.05) is 25.1 Å². The van der Waals surface area contributed by atoms with E-state index in [0.717, 1.165) is 61.4 Å². The maximum atomic E-state index is 11.8. The van der Waals surface area contributed by atoms with Gasteiger partial charge in [-0.3, -0.25) is 4.79 Å². The number of anilines is 1. The molecule has 0 radical (unpaired) electrons. The number of benzene rings is 1. The van der Waals surface area contributed by atoms with E-state index < -0.39 is 0 Å². The van der Waals surface area contributed by atoms with Crippen molar-refractivity contribution in [1.29, 1.82) is 0 Å². The van der Waals surface area contributed by atoms with Crippen molar-refractivity contribution in [3.8, 4) is 0 Å². The molecule has 2 heterocycles. The van der Waals surface area contributed by atoms with Crippen LogP contribution < -0.4 is 20.9 Å². The molecule has 1 saturated heterocycles. The minimum Gasteiger partial charge on any atom is -0.357 e. The Morgan fingerprint density at radius 3 is 2.66 bits per heavy atom. The number of aromatic nitrogens is 1. The predicted molar refractivity (Wildman–Crippen MR) is 131 cm³/mol. The summed E-state index contributed by atoms with van der Waals surface area (Å²) in [5.74, 6) is 2.60. The fraction of sp³-hybridized carbons (Fsp3) is 0.480. The van der Waals surface area contributed by atoms with Crippen LogP contribution in [-0.4, -0.2) is 50.1 Å². The second kappa shape index (κ2) is 12.1. The lowest BCUT2D eigenvalue weighted by Crippen LogP contribution is -2.38. The van der Waals surface area contributed by atoms with E-state index in [1.807, 2.05) is 30.5 Å². The van der Waals surface area contributed by atoms with Crippen LogP contribution in [0.2, 0.25) is 0 Å². The van der Waals surface area contributed by atoms with E-state index in [-0.39, 0.29) is 5.91 Å². The highest BCUT2D eigenvalue weighted by Crippen LogP contribution is 2.21. The molecule has 7 nitrogen and oxygen atoms in total. The van der Waals surface area contributed by atoms with E-state index in [4.69, 9.17) is 4.99 Å². The zero-order valence-electron chi connectivity index (χ0n) is 19.5. The van der Waals surface area contributed by atoms with Crippen LogP contribution >= 0.6 is 0 Å². The van der Waals surface area contributed by atoms with Gasteiger partial charge in [0.05, 0.1) is 6.54 Å². The number of nitrogens with zero attached hydrogens (tertiary/aromatic N) is 3. The van der Waals surface area contributed by atoms with Gasteiger partial charge in [-0.05, 0) is 61.4 Å². The number of pyridine rings is 1. The van der Waals surface area contributed by atoms with Crippen LogP contribution in [0.25, 0.3) is 0 Å². The lowest BCUT2D eigenvalue weighted by atomic mass is 9.99. The number of rotatable bonds is 8. The number of guanidine groups is 1. The average molecular weight is 437 g/mol. The quantitative estimate of drug-likeness (QED) is 0.438. The second-order valence-electron chi connectivity index (χ2n) is 8.35. The molecular formula is C25H36N6O. The molecule has 0 atom stereocenters. The Labute approximate surface area is 191 Å². The SMILES string of the molecule is CCNC(=NCc1ccc(N2CCC(C)CC2)nc1)NCCc1cccc(C(=O)NC)c1. The van der Waals surface area contributed by atoms with Crippen LogP contribution in [0.5, 0.6) is 0 Å². The van der Waals surface area contributed by atoms with Crippen molar-refractivity contribution < 1.29 is 4.79 Å². The summed E-state index contributed by atoms with van der Waals surface area (Å²) >= 11 is 0. The number of piperidine rings is 1. The standard InChI is InChI=1S/C25H36N6O/c1-4-27-25(28-13-10-20-6-5-7-22(16-20)24(32)26-3)30-18-21-8-9-23(29-17-21)31-14-11-19(2)12-15-31/h5-9,16-17,19H,4,10-15,18H2,1-3H3,(H,26,32)(H2,27,28,30). The monoisotopic (exact) mass is 436 g/mol. The number of carbonyl (C=O) groups excluding carboxylic acids is 1. The van der Waals surface area contributed by atoms with E-state index in [9.17, 15) is 4.79 Å². The number of hydrogen-bond acceptors (Lipinski definition) is 4. The molecule has 3 N–H and O–H groups in total. The molecule has 3 rings (SSSR count). The molecule has 1 aliphatic heterocycles. The average Bonchev–Trinajstić information content (AvgIpc) is 2.83. The van der Waals surface area contributed by atoms with Crippen LogP contribution in [0.1, 0.15) is 48.2 Å². The van der Waals surface area contributed by atoms with Gasteiger partial charge in [-0.15, -0.1) is 0 Å². The maximum Gasteiger partial charge on any atom is 0.251 e. The molecule has 1 aliphatic rings. The van der Waals surface area contributed by atoms with Gasteiger partial charge in [0.1, 0.15) is 5.82 Å². The van der Waals surface area contributed by atoms with Crippen LogP contribution in [-0.2, 0) is 13.0 Å². The van der Waals surface area contributed by atoms with Crippen LogP contribution in [0.15, 0.2) is 47.6 Å². The third-order valence-electron chi connectivity index (χ3n) is 5.80. The van der Waals surface area contributed by atoms with Crippen molar-refractivity contribution in [3.05, 3.63) is 59.3 Å². The summed E-state index contributed by atoms with van der Waals surface area (Å²) < 4.78 is 0. The first-order valence-electron chi connectivity index (χ1n) is 11.6. The highest BCUT2D eigenvalue weighted by Gasteiger charge is 2.16. The fourth-order valence-electron chi connectivity index (χ4n) is 3.78. The molecule has 0 bridgehead atoms. The summed E-state index contributed by atoms with van der Waals surface area (Å²) in [4.78, 5) is 23.6. The first-order chi connectivity index (χ1) is 15.6. The molecule has 0 spiro atoms. The van der Waals surface area contributed by atoms with Crippen molar-refractivity contribution in [2.45, 2.75) is 39.7 Å². The topological polar surface area (TPSA) is 81.7 Å². The normalized spacial score (nSPS) is 14.8. The van der Waals surface area contributed by atoms with Gasteiger partial charge in [0, 0.05) is 45.0 Å². The van der Waals surface area contributed by atoms with Gasteiger partial charge in [0.25, 0.3) is 5.91 Å². The molecule has 2 aromatic rings. The minimum absolute atomic E-state index is 0.0656. The summed E-state index contributed by atoms with van der Waals surface area (Å²) in [6.07, 6.45) is 5.22. The predicted octanol–water partition coefficient (Wildman–Crippen LogP) is 2.98.